The van der Waals surface area contributed by atoms with E-state index in [1.165, 1.54) is 6.07 Å². The van der Waals surface area contributed by atoms with Crippen LogP contribution in [0.3, 0.4) is 0 Å². The van der Waals surface area contributed by atoms with Crippen LogP contribution in [0.2, 0.25) is 0 Å². The second kappa shape index (κ2) is 2.70. The maximum Gasteiger partial charge on any atom is 0.125 e. The molecule has 0 atom stereocenters. The van der Waals surface area contributed by atoms with Gasteiger partial charge in [-0.2, -0.15) is 0 Å². The summed E-state index contributed by atoms with van der Waals surface area (Å²) in [6.45, 7) is 3.77. The standard InChI is InChI=1S/C11H12FNO/c12-9-2-1-3-10(4-9)13-5-11(6-13)7-14-8-11/h1-4H,5-8H2. The predicted molar refractivity (Wildman–Crippen MR) is 51.9 cm³/mol. The molecule has 2 aliphatic heterocycles. The quantitative estimate of drug-likeness (QED) is 0.672. The Morgan fingerprint density at radius 2 is 2.07 bits per heavy atom. The molecular weight excluding hydrogens is 181 g/mol. The topological polar surface area (TPSA) is 12.5 Å². The summed E-state index contributed by atoms with van der Waals surface area (Å²) in [6.07, 6.45) is 0. The predicted octanol–water partition coefficient (Wildman–Crippen LogP) is 1.66. The molecule has 3 rings (SSSR count). The molecule has 2 heterocycles. The monoisotopic (exact) mass is 193 g/mol. The SMILES string of the molecule is Fc1cccc(N2CC3(COC3)C2)c1. The molecule has 74 valence electrons. The van der Waals surface area contributed by atoms with Gasteiger partial charge in [-0.25, -0.2) is 4.39 Å². The largest absolute Gasteiger partial charge is 0.380 e. The number of hydrogen-bond donors (Lipinski definition) is 0. The molecule has 2 fully saturated rings. The van der Waals surface area contributed by atoms with Crippen molar-refractivity contribution in [2.45, 2.75) is 0 Å². The zero-order valence-electron chi connectivity index (χ0n) is 7.87. The summed E-state index contributed by atoms with van der Waals surface area (Å²) < 4.78 is 18.1. The molecule has 14 heavy (non-hydrogen) atoms. The van der Waals surface area contributed by atoms with Gasteiger partial charge >= 0.3 is 0 Å². The number of hydrogen-bond acceptors (Lipinski definition) is 2. The summed E-state index contributed by atoms with van der Waals surface area (Å²) in [5.41, 5.74) is 1.38. The van der Waals surface area contributed by atoms with E-state index in [-0.39, 0.29) is 5.82 Å². The molecule has 0 radical (unpaired) electrons. The van der Waals surface area contributed by atoms with Crippen molar-refractivity contribution in [3.8, 4) is 0 Å². The molecule has 0 aromatic heterocycles. The van der Waals surface area contributed by atoms with E-state index in [0.29, 0.717) is 5.41 Å². The average Bonchev–Trinajstić information content (AvgIpc) is 1.98. The zero-order chi connectivity index (χ0) is 9.60. The highest BCUT2D eigenvalue weighted by Gasteiger charge is 2.48. The van der Waals surface area contributed by atoms with Gasteiger partial charge in [-0.05, 0) is 18.2 Å². The molecule has 0 aliphatic carbocycles. The Bertz CT molecular complexity index is 354. The van der Waals surface area contributed by atoms with Crippen LogP contribution < -0.4 is 4.90 Å². The number of nitrogens with zero attached hydrogens (tertiary/aromatic N) is 1. The second-order valence-electron chi connectivity index (χ2n) is 4.33. The highest BCUT2D eigenvalue weighted by atomic mass is 19.1. The van der Waals surface area contributed by atoms with E-state index in [4.69, 9.17) is 4.74 Å². The lowest BCUT2D eigenvalue weighted by molar-refractivity contribution is -0.127. The number of rotatable bonds is 1. The Morgan fingerprint density at radius 3 is 2.64 bits per heavy atom. The van der Waals surface area contributed by atoms with E-state index < -0.39 is 0 Å². The van der Waals surface area contributed by atoms with Crippen LogP contribution in [0.1, 0.15) is 0 Å². The third-order valence-electron chi connectivity index (χ3n) is 3.04. The minimum Gasteiger partial charge on any atom is -0.380 e. The van der Waals surface area contributed by atoms with Crippen LogP contribution in [0.25, 0.3) is 0 Å². The molecule has 0 unspecified atom stereocenters. The van der Waals surface area contributed by atoms with Crippen LogP contribution in [-0.2, 0) is 4.74 Å². The molecule has 2 saturated heterocycles. The first-order valence-corrected chi connectivity index (χ1v) is 4.86. The van der Waals surface area contributed by atoms with Gasteiger partial charge in [0.05, 0.1) is 18.6 Å². The van der Waals surface area contributed by atoms with Crippen molar-refractivity contribution in [2.24, 2.45) is 5.41 Å². The second-order valence-corrected chi connectivity index (χ2v) is 4.33. The van der Waals surface area contributed by atoms with E-state index in [2.05, 4.69) is 4.90 Å². The van der Waals surface area contributed by atoms with Gasteiger partial charge in [0.2, 0.25) is 0 Å². The van der Waals surface area contributed by atoms with Crippen LogP contribution in [0.15, 0.2) is 24.3 Å². The Balaban J connectivity index is 1.73. The van der Waals surface area contributed by atoms with E-state index in [0.717, 1.165) is 32.0 Å². The fourth-order valence-electron chi connectivity index (χ4n) is 2.19. The normalized spacial score (nSPS) is 23.1. The van der Waals surface area contributed by atoms with Gasteiger partial charge in [0, 0.05) is 18.8 Å². The highest BCUT2D eigenvalue weighted by molar-refractivity contribution is 5.50. The first-order chi connectivity index (χ1) is 6.77. The van der Waals surface area contributed by atoms with Gasteiger partial charge in [-0.1, -0.05) is 6.07 Å². The first-order valence-electron chi connectivity index (χ1n) is 4.86. The molecule has 1 aromatic carbocycles. The van der Waals surface area contributed by atoms with E-state index in [9.17, 15) is 4.39 Å². The van der Waals surface area contributed by atoms with Gasteiger partial charge in [0.1, 0.15) is 5.82 Å². The summed E-state index contributed by atoms with van der Waals surface area (Å²) in [7, 11) is 0. The summed E-state index contributed by atoms with van der Waals surface area (Å²) in [6, 6.07) is 6.78. The lowest BCUT2D eigenvalue weighted by Gasteiger charge is -2.56. The zero-order valence-corrected chi connectivity index (χ0v) is 7.87. The molecule has 0 bridgehead atoms. The molecule has 2 aliphatic rings. The molecule has 1 aromatic rings. The fraction of sp³-hybridized carbons (Fsp3) is 0.455. The molecule has 1 spiro atoms. The van der Waals surface area contributed by atoms with Crippen molar-refractivity contribution < 1.29 is 9.13 Å². The van der Waals surface area contributed by atoms with Crippen LogP contribution in [0.4, 0.5) is 10.1 Å². The third-order valence-corrected chi connectivity index (χ3v) is 3.04. The molecular formula is C11H12FNO. The lowest BCUT2D eigenvalue weighted by Crippen LogP contribution is -2.66. The molecule has 0 amide bonds. The number of ether oxygens (including phenoxy) is 1. The summed E-state index contributed by atoms with van der Waals surface area (Å²) in [5.74, 6) is -0.159. The van der Waals surface area contributed by atoms with Crippen LogP contribution in [-0.4, -0.2) is 26.3 Å². The fourth-order valence-corrected chi connectivity index (χ4v) is 2.19. The molecule has 2 nitrogen and oxygen atoms in total. The highest BCUT2D eigenvalue weighted by Crippen LogP contribution is 2.40. The Labute approximate surface area is 82.3 Å². The van der Waals surface area contributed by atoms with Crippen molar-refractivity contribution in [1.29, 1.82) is 0 Å². The van der Waals surface area contributed by atoms with Crippen molar-refractivity contribution in [3.05, 3.63) is 30.1 Å². The van der Waals surface area contributed by atoms with Crippen LogP contribution in [0, 0.1) is 11.2 Å². The van der Waals surface area contributed by atoms with Gasteiger partial charge in [0.25, 0.3) is 0 Å². The number of halogens is 1. The Morgan fingerprint density at radius 1 is 1.29 bits per heavy atom. The van der Waals surface area contributed by atoms with E-state index in [1.54, 1.807) is 12.1 Å². The molecule has 0 saturated carbocycles. The number of anilines is 1. The van der Waals surface area contributed by atoms with Crippen molar-refractivity contribution >= 4 is 5.69 Å². The summed E-state index contributed by atoms with van der Waals surface area (Å²) >= 11 is 0. The molecule has 3 heteroatoms. The van der Waals surface area contributed by atoms with Gasteiger partial charge in [-0.3, -0.25) is 0 Å². The van der Waals surface area contributed by atoms with Crippen molar-refractivity contribution in [3.63, 3.8) is 0 Å². The molecule has 0 N–H and O–H groups in total. The maximum atomic E-state index is 12.9. The van der Waals surface area contributed by atoms with Gasteiger partial charge in [-0.15, -0.1) is 0 Å². The lowest BCUT2D eigenvalue weighted by atomic mass is 9.78. The van der Waals surface area contributed by atoms with Crippen molar-refractivity contribution in [2.75, 3.05) is 31.2 Å². The third kappa shape index (κ3) is 1.12. The smallest absolute Gasteiger partial charge is 0.125 e. The maximum absolute atomic E-state index is 12.9. The Hall–Kier alpha value is -1.09. The summed E-state index contributed by atoms with van der Waals surface area (Å²) in [4.78, 5) is 2.20. The average molecular weight is 193 g/mol. The van der Waals surface area contributed by atoms with E-state index in [1.807, 2.05) is 6.07 Å². The first kappa shape index (κ1) is 8.24. The van der Waals surface area contributed by atoms with E-state index >= 15 is 0 Å². The van der Waals surface area contributed by atoms with Gasteiger partial charge < -0.3 is 9.64 Å². The van der Waals surface area contributed by atoms with Gasteiger partial charge in [0.15, 0.2) is 0 Å². The Kier molecular flexibility index (Phi) is 1.59. The minimum atomic E-state index is -0.159. The number of benzene rings is 1. The van der Waals surface area contributed by atoms with Crippen LogP contribution in [0.5, 0.6) is 0 Å². The van der Waals surface area contributed by atoms with Crippen LogP contribution >= 0.6 is 0 Å². The summed E-state index contributed by atoms with van der Waals surface area (Å²) in [5, 5.41) is 0. The minimum absolute atomic E-state index is 0.159. The van der Waals surface area contributed by atoms with Crippen molar-refractivity contribution in [1.82, 2.24) is 0 Å².